The predicted molar refractivity (Wildman–Crippen MR) is 119 cm³/mol. The van der Waals surface area contributed by atoms with E-state index in [1.165, 1.54) is 20.3 Å². The Morgan fingerprint density at radius 1 is 0.903 bits per heavy atom. The molecule has 0 aliphatic heterocycles. The second kappa shape index (κ2) is 10.8. The molecule has 31 heavy (non-hydrogen) atoms. The monoisotopic (exact) mass is 417 g/mol. The normalized spacial score (nSPS) is 10.6. The molecule has 0 atom stereocenters. The molecule has 3 aromatic carbocycles. The minimum Gasteiger partial charge on any atom is -0.489 e. The average Bonchev–Trinajstić information content (AvgIpc) is 2.83. The van der Waals surface area contributed by atoms with Crippen molar-refractivity contribution >= 4 is 23.6 Å². The summed E-state index contributed by atoms with van der Waals surface area (Å²) in [4.78, 5) is 29.4. The van der Waals surface area contributed by atoms with E-state index in [0.29, 0.717) is 17.0 Å². The van der Waals surface area contributed by atoms with Crippen molar-refractivity contribution in [3.05, 3.63) is 102 Å². The Kier molecular flexibility index (Phi) is 7.56. The van der Waals surface area contributed by atoms with Crippen molar-refractivity contribution in [3.63, 3.8) is 0 Å². The fourth-order valence-corrected chi connectivity index (χ4v) is 2.92. The fraction of sp³-hybridized carbons (Fsp3) is 0.120. The van der Waals surface area contributed by atoms with Gasteiger partial charge >= 0.3 is 6.09 Å². The van der Waals surface area contributed by atoms with E-state index in [2.05, 4.69) is 0 Å². The molecule has 0 saturated heterocycles. The quantitative estimate of drug-likeness (QED) is 0.283. The number of anilines is 1. The van der Waals surface area contributed by atoms with Crippen LogP contribution in [0, 0.1) is 0 Å². The second-order valence-electron chi connectivity index (χ2n) is 6.50. The standard InChI is InChI=1S/C25H23NO5/c1-29-25(28)26(30-2)23-14-7-6-12-21(23)18-31-22-13-8-9-19(17-22)15-16-24(27)20-10-4-3-5-11-20/h3-17H,18H2,1-2H3/b16-15+. The maximum atomic E-state index is 12.3. The topological polar surface area (TPSA) is 65.1 Å². The van der Waals surface area contributed by atoms with Gasteiger partial charge < -0.3 is 9.47 Å². The number of hydrogen-bond donors (Lipinski definition) is 0. The Hall–Kier alpha value is -3.90. The van der Waals surface area contributed by atoms with Crippen LogP contribution in [-0.2, 0) is 16.2 Å². The van der Waals surface area contributed by atoms with Crippen molar-refractivity contribution < 1.29 is 23.9 Å². The van der Waals surface area contributed by atoms with E-state index in [4.69, 9.17) is 14.3 Å². The number of amides is 1. The van der Waals surface area contributed by atoms with Crippen LogP contribution in [-0.4, -0.2) is 26.1 Å². The zero-order chi connectivity index (χ0) is 22.1. The Morgan fingerprint density at radius 2 is 1.65 bits per heavy atom. The number of benzene rings is 3. The van der Waals surface area contributed by atoms with Crippen molar-refractivity contribution in [2.75, 3.05) is 19.3 Å². The number of carbonyl (C=O) groups is 2. The van der Waals surface area contributed by atoms with Crippen LogP contribution in [0.1, 0.15) is 21.5 Å². The lowest BCUT2D eigenvalue weighted by Crippen LogP contribution is -2.30. The first kappa shape index (κ1) is 21.8. The molecule has 0 fully saturated rings. The van der Waals surface area contributed by atoms with E-state index in [1.807, 2.05) is 54.6 Å². The molecule has 0 aliphatic carbocycles. The third kappa shape index (κ3) is 5.81. The number of carbonyl (C=O) groups excluding carboxylic acids is 2. The third-order valence-electron chi connectivity index (χ3n) is 4.47. The summed E-state index contributed by atoms with van der Waals surface area (Å²) in [6, 6.07) is 23.7. The smallest absolute Gasteiger partial charge is 0.438 e. The van der Waals surface area contributed by atoms with E-state index in [0.717, 1.165) is 16.2 Å². The van der Waals surface area contributed by atoms with E-state index in [-0.39, 0.29) is 12.4 Å². The molecule has 0 N–H and O–H groups in total. The number of para-hydroxylation sites is 1. The Labute approximate surface area is 181 Å². The van der Waals surface area contributed by atoms with Gasteiger partial charge in [-0.25, -0.2) is 4.79 Å². The molecule has 6 heteroatoms. The number of hydrogen-bond acceptors (Lipinski definition) is 5. The molecule has 6 nitrogen and oxygen atoms in total. The van der Waals surface area contributed by atoms with E-state index < -0.39 is 6.09 Å². The molecule has 158 valence electrons. The number of nitrogens with zero attached hydrogens (tertiary/aromatic N) is 1. The van der Waals surface area contributed by atoms with Gasteiger partial charge in [-0.05, 0) is 29.8 Å². The van der Waals surface area contributed by atoms with Crippen molar-refractivity contribution in [2.45, 2.75) is 6.61 Å². The first-order valence-electron chi connectivity index (χ1n) is 9.63. The average molecular weight is 417 g/mol. The summed E-state index contributed by atoms with van der Waals surface area (Å²) in [6.45, 7) is 0.211. The molecule has 0 aromatic heterocycles. The maximum absolute atomic E-state index is 12.3. The Morgan fingerprint density at radius 3 is 2.39 bits per heavy atom. The van der Waals surface area contributed by atoms with Gasteiger partial charge in [0.15, 0.2) is 5.78 Å². The molecule has 0 bridgehead atoms. The summed E-state index contributed by atoms with van der Waals surface area (Å²) in [5, 5.41) is 1.06. The molecule has 0 heterocycles. The van der Waals surface area contributed by atoms with Crippen LogP contribution in [0.2, 0.25) is 0 Å². The Bertz CT molecular complexity index is 1060. The molecular weight excluding hydrogens is 394 g/mol. The molecule has 0 radical (unpaired) electrons. The lowest BCUT2D eigenvalue weighted by atomic mass is 10.1. The minimum atomic E-state index is -0.634. The van der Waals surface area contributed by atoms with Crippen LogP contribution in [0.3, 0.4) is 0 Å². The lowest BCUT2D eigenvalue weighted by Gasteiger charge is -2.21. The van der Waals surface area contributed by atoms with Gasteiger partial charge in [0.05, 0.1) is 19.9 Å². The van der Waals surface area contributed by atoms with Crippen LogP contribution >= 0.6 is 0 Å². The zero-order valence-corrected chi connectivity index (χ0v) is 17.4. The Balaban J connectivity index is 1.71. The van der Waals surface area contributed by atoms with Crippen LogP contribution in [0.4, 0.5) is 10.5 Å². The van der Waals surface area contributed by atoms with Gasteiger partial charge in [-0.3, -0.25) is 9.63 Å². The molecule has 3 rings (SSSR count). The number of allylic oxidation sites excluding steroid dienone is 1. The van der Waals surface area contributed by atoms with Gasteiger partial charge in [0.1, 0.15) is 12.4 Å². The van der Waals surface area contributed by atoms with Crippen molar-refractivity contribution in [1.82, 2.24) is 0 Å². The van der Waals surface area contributed by atoms with Gasteiger partial charge in [-0.15, -0.1) is 0 Å². The number of rotatable bonds is 8. The van der Waals surface area contributed by atoms with E-state index >= 15 is 0 Å². The van der Waals surface area contributed by atoms with Crippen LogP contribution in [0.15, 0.2) is 84.9 Å². The van der Waals surface area contributed by atoms with Crippen molar-refractivity contribution in [2.24, 2.45) is 0 Å². The molecule has 0 saturated carbocycles. The zero-order valence-electron chi connectivity index (χ0n) is 17.4. The number of hydroxylamine groups is 1. The number of ketones is 1. The molecule has 3 aromatic rings. The molecular formula is C25H23NO5. The summed E-state index contributed by atoms with van der Waals surface area (Å²) in [6.07, 6.45) is 2.65. The summed E-state index contributed by atoms with van der Waals surface area (Å²) < 4.78 is 10.7. The predicted octanol–water partition coefficient (Wildman–Crippen LogP) is 5.30. The lowest BCUT2D eigenvalue weighted by molar-refractivity contribution is 0.104. The molecule has 0 unspecified atom stereocenters. The van der Waals surface area contributed by atoms with Crippen LogP contribution in [0.5, 0.6) is 5.75 Å². The second-order valence-corrected chi connectivity index (χ2v) is 6.50. The summed E-state index contributed by atoms with van der Waals surface area (Å²) in [5.74, 6) is 0.564. The van der Waals surface area contributed by atoms with Crippen LogP contribution in [0.25, 0.3) is 6.08 Å². The van der Waals surface area contributed by atoms with Gasteiger partial charge in [-0.2, -0.15) is 5.06 Å². The van der Waals surface area contributed by atoms with Crippen molar-refractivity contribution in [3.8, 4) is 5.75 Å². The van der Waals surface area contributed by atoms with Gasteiger partial charge in [0.25, 0.3) is 0 Å². The van der Waals surface area contributed by atoms with Gasteiger partial charge in [-0.1, -0.05) is 66.7 Å². The largest absolute Gasteiger partial charge is 0.489 e. The third-order valence-corrected chi connectivity index (χ3v) is 4.47. The number of ether oxygens (including phenoxy) is 2. The first-order valence-corrected chi connectivity index (χ1v) is 9.63. The first-order chi connectivity index (χ1) is 15.1. The minimum absolute atomic E-state index is 0.0664. The summed E-state index contributed by atoms with van der Waals surface area (Å²) in [5.41, 5.74) is 2.75. The van der Waals surface area contributed by atoms with Gasteiger partial charge in [0, 0.05) is 11.1 Å². The van der Waals surface area contributed by atoms with Gasteiger partial charge in [0.2, 0.25) is 0 Å². The molecule has 0 aliphatic rings. The molecule has 0 spiro atoms. The highest BCUT2D eigenvalue weighted by atomic mass is 16.7. The van der Waals surface area contributed by atoms with E-state index in [1.54, 1.807) is 30.3 Å². The SMILES string of the molecule is COC(=O)N(OC)c1ccccc1COc1cccc(/C=C/C(=O)c2ccccc2)c1. The van der Waals surface area contributed by atoms with Crippen molar-refractivity contribution in [1.29, 1.82) is 0 Å². The highest BCUT2D eigenvalue weighted by molar-refractivity contribution is 6.06. The summed E-state index contributed by atoms with van der Waals surface area (Å²) >= 11 is 0. The fourth-order valence-electron chi connectivity index (χ4n) is 2.92. The van der Waals surface area contributed by atoms with E-state index in [9.17, 15) is 9.59 Å². The molecule has 1 amide bonds. The van der Waals surface area contributed by atoms with Crippen LogP contribution < -0.4 is 9.80 Å². The highest BCUT2D eigenvalue weighted by Crippen LogP contribution is 2.24. The maximum Gasteiger partial charge on any atom is 0.438 e. The highest BCUT2D eigenvalue weighted by Gasteiger charge is 2.19. The number of methoxy groups -OCH3 is 1. The summed E-state index contributed by atoms with van der Waals surface area (Å²) in [7, 11) is 2.68.